The third-order valence-electron chi connectivity index (χ3n) is 4.17. The van der Waals surface area contributed by atoms with Gasteiger partial charge in [0.05, 0.1) is 5.71 Å². The van der Waals surface area contributed by atoms with E-state index >= 15 is 0 Å². The van der Waals surface area contributed by atoms with E-state index in [0.717, 1.165) is 31.7 Å². The number of benzene rings is 1. The summed E-state index contributed by atoms with van der Waals surface area (Å²) < 4.78 is 0. The van der Waals surface area contributed by atoms with E-state index in [1.54, 1.807) is 24.3 Å². The normalized spacial score (nSPS) is 11.8. The number of nitrogens with zero attached hydrogens (tertiary/aromatic N) is 4. The lowest BCUT2D eigenvalue weighted by Crippen LogP contribution is -2.39. The smallest absolute Gasteiger partial charge is 0.189 e. The molecule has 0 saturated carbocycles. The number of hydrogen-bond donors (Lipinski definition) is 3. The Kier molecular flexibility index (Phi) is 10.4. The summed E-state index contributed by atoms with van der Waals surface area (Å²) in [5.41, 5.74) is 7.90. The molecule has 0 aliphatic heterocycles. The van der Waals surface area contributed by atoms with Crippen LogP contribution in [0.4, 0.5) is 0 Å². The number of aromatic hydroxyl groups is 1. The highest BCUT2D eigenvalue weighted by atomic mass is 32.1. The molecule has 0 heterocycles. The Labute approximate surface area is 178 Å². The van der Waals surface area contributed by atoms with Gasteiger partial charge in [-0.15, -0.1) is 0 Å². The fourth-order valence-corrected chi connectivity index (χ4v) is 3.03. The topological polar surface area (TPSA) is 75.5 Å². The van der Waals surface area contributed by atoms with E-state index in [9.17, 15) is 5.11 Å². The van der Waals surface area contributed by atoms with Crippen LogP contribution in [0.15, 0.2) is 34.5 Å². The van der Waals surface area contributed by atoms with Crippen molar-refractivity contribution >= 4 is 46.1 Å². The standard InChI is InChI=1S/C19H30N6OS2/c1-6-24(7-2)18(27)22-20-14(5)17(15-10-12-16(26)13-11-15)21-23-19(28)25(8-3)9-4/h10-13,26H,6-9H2,1-5H3,(H,22,27)(H,23,28). The number of nitrogens with one attached hydrogen (secondary N) is 2. The molecule has 0 atom stereocenters. The second-order valence-electron chi connectivity index (χ2n) is 5.88. The summed E-state index contributed by atoms with van der Waals surface area (Å²) in [6, 6.07) is 6.76. The lowest BCUT2D eigenvalue weighted by Gasteiger charge is -2.21. The minimum Gasteiger partial charge on any atom is -0.508 e. The summed E-state index contributed by atoms with van der Waals surface area (Å²) in [6.45, 7) is 13.2. The highest BCUT2D eigenvalue weighted by Gasteiger charge is 2.11. The molecule has 0 aliphatic rings. The zero-order valence-corrected chi connectivity index (χ0v) is 18.8. The van der Waals surface area contributed by atoms with Crippen molar-refractivity contribution in [2.24, 2.45) is 10.2 Å². The van der Waals surface area contributed by atoms with Gasteiger partial charge in [0, 0.05) is 31.7 Å². The molecule has 3 N–H and O–H groups in total. The summed E-state index contributed by atoms with van der Waals surface area (Å²) in [5, 5.41) is 19.5. The number of hydrogen-bond acceptors (Lipinski definition) is 5. The molecular weight excluding hydrogens is 392 g/mol. The van der Waals surface area contributed by atoms with Crippen molar-refractivity contribution in [2.45, 2.75) is 34.6 Å². The molecule has 1 rings (SSSR count). The van der Waals surface area contributed by atoms with Crippen LogP contribution in [0.5, 0.6) is 5.75 Å². The van der Waals surface area contributed by atoms with Gasteiger partial charge in [-0.1, -0.05) is 0 Å². The Morgan fingerprint density at radius 2 is 1.29 bits per heavy atom. The van der Waals surface area contributed by atoms with Gasteiger partial charge < -0.3 is 14.9 Å². The Morgan fingerprint density at radius 3 is 1.71 bits per heavy atom. The van der Waals surface area contributed by atoms with E-state index in [2.05, 4.69) is 21.1 Å². The third kappa shape index (κ3) is 7.05. The van der Waals surface area contributed by atoms with Gasteiger partial charge in [0.15, 0.2) is 10.2 Å². The van der Waals surface area contributed by atoms with Gasteiger partial charge in [-0.25, -0.2) is 0 Å². The van der Waals surface area contributed by atoms with Crippen LogP contribution in [0.3, 0.4) is 0 Å². The van der Waals surface area contributed by atoms with Crippen LogP contribution < -0.4 is 10.9 Å². The summed E-state index contributed by atoms with van der Waals surface area (Å²) in [4.78, 5) is 3.99. The summed E-state index contributed by atoms with van der Waals surface area (Å²) in [5.74, 6) is 0.185. The molecular formula is C19H30N6OS2. The zero-order chi connectivity index (χ0) is 21.1. The Balaban J connectivity index is 3.11. The predicted octanol–water partition coefficient (Wildman–Crippen LogP) is 2.90. The average Bonchev–Trinajstić information content (AvgIpc) is 2.69. The molecule has 0 fully saturated rings. The fourth-order valence-electron chi connectivity index (χ4n) is 2.43. The molecule has 1 aromatic carbocycles. The maximum Gasteiger partial charge on any atom is 0.189 e. The molecule has 0 aromatic heterocycles. The molecule has 0 unspecified atom stereocenters. The molecule has 0 amide bonds. The summed E-state index contributed by atoms with van der Waals surface area (Å²) in [6.07, 6.45) is 0. The van der Waals surface area contributed by atoms with Crippen LogP contribution in [-0.2, 0) is 0 Å². The van der Waals surface area contributed by atoms with Gasteiger partial charge in [-0.05, 0) is 83.3 Å². The summed E-state index contributed by atoms with van der Waals surface area (Å²) >= 11 is 10.8. The van der Waals surface area contributed by atoms with Crippen molar-refractivity contribution < 1.29 is 5.11 Å². The molecule has 0 saturated heterocycles. The monoisotopic (exact) mass is 422 g/mol. The van der Waals surface area contributed by atoms with Crippen LogP contribution in [0.1, 0.15) is 40.2 Å². The van der Waals surface area contributed by atoms with Gasteiger partial charge >= 0.3 is 0 Å². The molecule has 0 bridgehead atoms. The van der Waals surface area contributed by atoms with Crippen LogP contribution in [0.2, 0.25) is 0 Å². The third-order valence-corrected chi connectivity index (χ3v) is 4.87. The molecule has 0 spiro atoms. The second kappa shape index (κ2) is 12.2. The predicted molar refractivity (Wildman–Crippen MR) is 125 cm³/mol. The number of phenols is 1. The molecule has 7 nitrogen and oxygen atoms in total. The quantitative estimate of drug-likeness (QED) is 0.338. The van der Waals surface area contributed by atoms with Crippen molar-refractivity contribution in [2.75, 3.05) is 26.2 Å². The number of phenolic OH excluding ortho intramolecular Hbond substituents is 1. The van der Waals surface area contributed by atoms with Crippen molar-refractivity contribution in [3.8, 4) is 5.75 Å². The lowest BCUT2D eigenvalue weighted by molar-refractivity contribution is 0.457. The lowest BCUT2D eigenvalue weighted by atomic mass is 10.1. The van der Waals surface area contributed by atoms with Crippen molar-refractivity contribution in [3.63, 3.8) is 0 Å². The molecule has 9 heteroatoms. The Morgan fingerprint density at radius 1 is 0.857 bits per heavy atom. The second-order valence-corrected chi connectivity index (χ2v) is 6.66. The van der Waals surface area contributed by atoms with Crippen molar-refractivity contribution in [3.05, 3.63) is 29.8 Å². The maximum absolute atomic E-state index is 9.58. The highest BCUT2D eigenvalue weighted by Crippen LogP contribution is 2.11. The summed E-state index contributed by atoms with van der Waals surface area (Å²) in [7, 11) is 0. The minimum atomic E-state index is 0.185. The SMILES string of the molecule is CCN(CC)C(=S)NN=C(C)C(=NNC(=S)N(CC)CC)c1ccc(O)cc1. The molecule has 28 heavy (non-hydrogen) atoms. The first-order chi connectivity index (χ1) is 13.4. The minimum absolute atomic E-state index is 0.185. The zero-order valence-electron chi connectivity index (χ0n) is 17.2. The number of thiocarbonyl (C=S) groups is 2. The van der Waals surface area contributed by atoms with E-state index in [4.69, 9.17) is 24.4 Å². The van der Waals surface area contributed by atoms with E-state index in [1.165, 1.54) is 0 Å². The van der Waals surface area contributed by atoms with E-state index < -0.39 is 0 Å². The van der Waals surface area contributed by atoms with Gasteiger partial charge in [0.1, 0.15) is 11.5 Å². The van der Waals surface area contributed by atoms with Gasteiger partial charge in [-0.3, -0.25) is 10.9 Å². The van der Waals surface area contributed by atoms with Crippen molar-refractivity contribution in [1.29, 1.82) is 0 Å². The average molecular weight is 423 g/mol. The Bertz CT molecular complexity index is 710. The fraction of sp³-hybridized carbons (Fsp3) is 0.474. The first-order valence-electron chi connectivity index (χ1n) is 9.39. The van der Waals surface area contributed by atoms with E-state index in [0.29, 0.717) is 21.6 Å². The number of hydrazone groups is 2. The van der Waals surface area contributed by atoms with Crippen molar-refractivity contribution in [1.82, 2.24) is 20.7 Å². The van der Waals surface area contributed by atoms with Crippen LogP contribution in [0, 0.1) is 0 Å². The highest BCUT2D eigenvalue weighted by molar-refractivity contribution is 7.80. The van der Waals surface area contributed by atoms with Crippen LogP contribution in [-0.4, -0.2) is 62.7 Å². The maximum atomic E-state index is 9.58. The molecule has 154 valence electrons. The first kappa shape index (κ1) is 23.8. The number of rotatable bonds is 8. The molecule has 0 radical (unpaired) electrons. The largest absolute Gasteiger partial charge is 0.508 e. The molecule has 0 aliphatic carbocycles. The van der Waals surface area contributed by atoms with Gasteiger partial charge in [0.25, 0.3) is 0 Å². The molecule has 1 aromatic rings. The van der Waals surface area contributed by atoms with E-state index in [1.807, 2.05) is 44.4 Å². The van der Waals surface area contributed by atoms with E-state index in [-0.39, 0.29) is 5.75 Å². The van der Waals surface area contributed by atoms with Gasteiger partial charge in [-0.2, -0.15) is 10.2 Å². The van der Waals surface area contributed by atoms with Crippen LogP contribution in [0.25, 0.3) is 0 Å². The Hall–Kier alpha value is -2.26. The van der Waals surface area contributed by atoms with Crippen LogP contribution >= 0.6 is 24.4 Å². The first-order valence-corrected chi connectivity index (χ1v) is 10.2. The van der Waals surface area contributed by atoms with Gasteiger partial charge in [0.2, 0.25) is 0 Å².